The van der Waals surface area contributed by atoms with Gasteiger partial charge in [0.1, 0.15) is 0 Å². The van der Waals surface area contributed by atoms with Crippen LogP contribution in [-0.4, -0.2) is 15.0 Å². The van der Waals surface area contributed by atoms with Crippen molar-refractivity contribution in [3.05, 3.63) is 28.0 Å². The zero-order valence-corrected chi connectivity index (χ0v) is 6.11. The molecular weight excluding hydrogens is 146 g/mol. The molecule has 0 aliphatic rings. The first kappa shape index (κ1) is 7.65. The third-order valence-corrected chi connectivity index (χ3v) is 1.46. The van der Waals surface area contributed by atoms with Crippen LogP contribution in [-0.2, 0) is 6.42 Å². The maximum absolute atomic E-state index is 10.8. The summed E-state index contributed by atoms with van der Waals surface area (Å²) in [7, 11) is 0. The highest BCUT2D eigenvalue weighted by molar-refractivity contribution is 5.19. The van der Waals surface area contributed by atoms with Crippen molar-refractivity contribution in [3.8, 4) is 5.88 Å². The first-order chi connectivity index (χ1) is 5.15. The molecule has 0 atom stereocenters. The van der Waals surface area contributed by atoms with Gasteiger partial charge in [-0.1, -0.05) is 6.92 Å². The van der Waals surface area contributed by atoms with E-state index in [0.29, 0.717) is 12.0 Å². The van der Waals surface area contributed by atoms with E-state index in [1.54, 1.807) is 0 Å². The second-order valence-electron chi connectivity index (χ2n) is 2.23. The van der Waals surface area contributed by atoms with E-state index in [-0.39, 0.29) is 4.73 Å². The first-order valence-corrected chi connectivity index (χ1v) is 3.29. The number of hydrogen-bond donors (Lipinski definition) is 2. The molecule has 0 aliphatic carbocycles. The maximum atomic E-state index is 10.8. The van der Waals surface area contributed by atoms with Gasteiger partial charge in [0.25, 0.3) is 5.56 Å². The highest BCUT2D eigenvalue weighted by atomic mass is 16.5. The van der Waals surface area contributed by atoms with Gasteiger partial charge in [-0.3, -0.25) is 4.79 Å². The summed E-state index contributed by atoms with van der Waals surface area (Å²) < 4.78 is 0.208. The Morgan fingerprint density at radius 2 is 2.18 bits per heavy atom. The summed E-state index contributed by atoms with van der Waals surface area (Å²) in [6.45, 7) is 1.86. The van der Waals surface area contributed by atoms with E-state index in [4.69, 9.17) is 10.3 Å². The van der Waals surface area contributed by atoms with Crippen molar-refractivity contribution in [2.45, 2.75) is 13.3 Å². The zero-order chi connectivity index (χ0) is 8.43. The Labute approximate surface area is 63.3 Å². The fourth-order valence-corrected chi connectivity index (χ4v) is 0.805. The van der Waals surface area contributed by atoms with E-state index < -0.39 is 11.4 Å². The van der Waals surface area contributed by atoms with E-state index in [1.807, 2.05) is 6.92 Å². The Bertz CT molecular complexity index is 316. The lowest BCUT2D eigenvalue weighted by Gasteiger charge is -2.00. The van der Waals surface area contributed by atoms with Crippen LogP contribution in [0.25, 0.3) is 0 Å². The van der Waals surface area contributed by atoms with E-state index in [9.17, 15) is 4.79 Å². The topological polar surface area (TPSA) is 62.5 Å². The summed E-state index contributed by atoms with van der Waals surface area (Å²) in [5, 5.41) is 17.7. The molecular formula is C7H9NO3. The SMILES string of the molecule is CCc1cc(O)n(O)c(=O)c1. The average molecular weight is 155 g/mol. The molecule has 4 nitrogen and oxygen atoms in total. The van der Waals surface area contributed by atoms with Crippen molar-refractivity contribution in [2.24, 2.45) is 0 Å². The fourth-order valence-electron chi connectivity index (χ4n) is 0.805. The first-order valence-electron chi connectivity index (χ1n) is 3.29. The van der Waals surface area contributed by atoms with Gasteiger partial charge in [0.2, 0.25) is 5.88 Å². The van der Waals surface area contributed by atoms with Crippen LogP contribution in [0.2, 0.25) is 0 Å². The Balaban J connectivity index is 3.32. The minimum absolute atomic E-state index is 0.208. The molecule has 1 heterocycles. The van der Waals surface area contributed by atoms with Crippen LogP contribution < -0.4 is 5.56 Å². The predicted molar refractivity (Wildman–Crippen MR) is 38.9 cm³/mol. The number of hydrogen-bond acceptors (Lipinski definition) is 3. The van der Waals surface area contributed by atoms with E-state index in [1.165, 1.54) is 12.1 Å². The number of rotatable bonds is 1. The van der Waals surface area contributed by atoms with Gasteiger partial charge in [-0.15, -0.1) is 4.73 Å². The summed E-state index contributed by atoms with van der Waals surface area (Å²) in [6, 6.07) is 2.63. The average Bonchev–Trinajstić information content (AvgIpc) is 1.99. The molecule has 0 bridgehead atoms. The molecule has 1 aromatic rings. The van der Waals surface area contributed by atoms with Crippen molar-refractivity contribution in [3.63, 3.8) is 0 Å². The quantitative estimate of drug-likeness (QED) is 0.575. The van der Waals surface area contributed by atoms with E-state index >= 15 is 0 Å². The molecule has 0 unspecified atom stereocenters. The summed E-state index contributed by atoms with van der Waals surface area (Å²) in [5.74, 6) is -0.422. The highest BCUT2D eigenvalue weighted by Crippen LogP contribution is 2.06. The van der Waals surface area contributed by atoms with Gasteiger partial charge in [-0.25, -0.2) is 0 Å². The Hall–Kier alpha value is -1.45. The molecule has 4 heteroatoms. The smallest absolute Gasteiger partial charge is 0.286 e. The van der Waals surface area contributed by atoms with E-state index in [0.717, 1.165) is 0 Å². The Kier molecular flexibility index (Phi) is 1.85. The van der Waals surface area contributed by atoms with Crippen LogP contribution in [0.5, 0.6) is 5.88 Å². The van der Waals surface area contributed by atoms with Crippen molar-refractivity contribution in [2.75, 3.05) is 0 Å². The van der Waals surface area contributed by atoms with Crippen LogP contribution in [0.1, 0.15) is 12.5 Å². The Morgan fingerprint density at radius 1 is 1.55 bits per heavy atom. The van der Waals surface area contributed by atoms with Crippen molar-refractivity contribution in [1.82, 2.24) is 4.73 Å². The molecule has 0 aromatic carbocycles. The van der Waals surface area contributed by atoms with E-state index in [2.05, 4.69) is 0 Å². The molecule has 1 rings (SSSR count). The number of aryl methyl sites for hydroxylation is 1. The maximum Gasteiger partial charge on any atom is 0.286 e. The minimum Gasteiger partial charge on any atom is -0.492 e. The molecule has 11 heavy (non-hydrogen) atoms. The number of nitrogens with zero attached hydrogens (tertiary/aromatic N) is 1. The van der Waals surface area contributed by atoms with Crippen molar-refractivity contribution < 1.29 is 10.3 Å². The number of aromatic nitrogens is 1. The molecule has 0 saturated heterocycles. The molecule has 2 N–H and O–H groups in total. The summed E-state index contributed by atoms with van der Waals surface area (Å²) in [5.41, 5.74) is 0.0969. The molecule has 60 valence electrons. The van der Waals surface area contributed by atoms with Crippen LogP contribution in [0.4, 0.5) is 0 Å². The van der Waals surface area contributed by atoms with Crippen LogP contribution in [0.3, 0.4) is 0 Å². The molecule has 0 saturated carbocycles. The number of aromatic hydroxyl groups is 1. The summed E-state index contributed by atoms with van der Waals surface area (Å²) >= 11 is 0. The predicted octanol–water partition coefficient (Wildman–Crippen LogP) is 0.354. The minimum atomic E-state index is -0.609. The van der Waals surface area contributed by atoms with Gasteiger partial charge in [-0.05, 0) is 12.0 Å². The summed E-state index contributed by atoms with van der Waals surface area (Å²) in [4.78, 5) is 10.8. The van der Waals surface area contributed by atoms with Gasteiger partial charge in [0, 0.05) is 12.1 Å². The Morgan fingerprint density at radius 3 is 2.64 bits per heavy atom. The van der Waals surface area contributed by atoms with Crippen LogP contribution >= 0.6 is 0 Å². The lowest BCUT2D eigenvalue weighted by molar-refractivity contribution is 0.143. The molecule has 0 amide bonds. The second-order valence-corrected chi connectivity index (χ2v) is 2.23. The molecule has 0 spiro atoms. The zero-order valence-electron chi connectivity index (χ0n) is 6.11. The van der Waals surface area contributed by atoms with Crippen molar-refractivity contribution in [1.29, 1.82) is 0 Å². The van der Waals surface area contributed by atoms with Gasteiger partial charge in [0.05, 0.1) is 0 Å². The lowest BCUT2D eigenvalue weighted by atomic mass is 10.2. The molecule has 0 radical (unpaired) electrons. The van der Waals surface area contributed by atoms with Crippen LogP contribution in [0, 0.1) is 0 Å². The third-order valence-electron chi connectivity index (χ3n) is 1.46. The molecule has 0 aliphatic heterocycles. The summed E-state index contributed by atoms with van der Waals surface area (Å²) in [6.07, 6.45) is 0.656. The number of pyridine rings is 1. The normalized spacial score (nSPS) is 9.91. The molecule has 1 aromatic heterocycles. The lowest BCUT2D eigenvalue weighted by Crippen LogP contribution is -2.16. The van der Waals surface area contributed by atoms with Gasteiger partial charge < -0.3 is 10.3 Å². The van der Waals surface area contributed by atoms with Crippen molar-refractivity contribution >= 4 is 0 Å². The second kappa shape index (κ2) is 2.65. The van der Waals surface area contributed by atoms with Gasteiger partial charge >= 0.3 is 0 Å². The largest absolute Gasteiger partial charge is 0.492 e. The highest BCUT2D eigenvalue weighted by Gasteiger charge is 2.01. The van der Waals surface area contributed by atoms with Crippen LogP contribution in [0.15, 0.2) is 16.9 Å². The third kappa shape index (κ3) is 1.34. The monoisotopic (exact) mass is 155 g/mol. The standard InChI is InChI=1S/C7H9NO3/c1-2-5-3-6(9)8(11)7(10)4-5/h3-4,9,11H,2H2,1H3. The van der Waals surface area contributed by atoms with Gasteiger partial charge in [0.15, 0.2) is 0 Å². The molecule has 0 fully saturated rings. The fraction of sp³-hybridized carbons (Fsp3) is 0.286. The van der Waals surface area contributed by atoms with Gasteiger partial charge in [-0.2, -0.15) is 0 Å².